The summed E-state index contributed by atoms with van der Waals surface area (Å²) in [7, 11) is 0. The topological polar surface area (TPSA) is 122 Å². The predicted octanol–water partition coefficient (Wildman–Crippen LogP) is 4.71. The molecule has 3 aromatic rings. The van der Waals surface area contributed by atoms with Crippen molar-refractivity contribution in [3.8, 4) is 11.5 Å². The number of nitrogen functional groups attached to an aromatic ring is 1. The number of nitrogens with one attached hydrogen (secondary N) is 2. The summed E-state index contributed by atoms with van der Waals surface area (Å²) in [5.41, 5.74) is 6.37. The maximum Gasteiger partial charge on any atom is 0.406 e. The Morgan fingerprint density at radius 3 is 2.29 bits per heavy atom. The van der Waals surface area contributed by atoms with Gasteiger partial charge in [-0.2, -0.15) is 28.1 Å². The number of para-hydroxylation sites is 1. The fourth-order valence-corrected chi connectivity index (χ4v) is 2.82. The zero-order valence-corrected chi connectivity index (χ0v) is 18.5. The van der Waals surface area contributed by atoms with Crippen molar-refractivity contribution in [2.24, 2.45) is 0 Å². The van der Waals surface area contributed by atoms with E-state index in [0.29, 0.717) is 17.2 Å². The highest BCUT2D eigenvalue weighted by atomic mass is 19.4. The quantitative estimate of drug-likeness (QED) is 0.316. The molecule has 3 rings (SSSR count). The summed E-state index contributed by atoms with van der Waals surface area (Å²) < 4.78 is 49.3. The number of nitrogens with two attached hydrogens (primary N) is 1. The van der Waals surface area contributed by atoms with Crippen LogP contribution in [0.2, 0.25) is 0 Å². The van der Waals surface area contributed by atoms with E-state index in [4.69, 9.17) is 20.6 Å². The molecule has 0 bridgehead atoms. The third kappa shape index (κ3) is 7.50. The van der Waals surface area contributed by atoms with Crippen molar-refractivity contribution >= 4 is 23.6 Å². The van der Waals surface area contributed by atoms with Gasteiger partial charge in [-0.1, -0.05) is 18.2 Å². The number of benzene rings is 2. The van der Waals surface area contributed by atoms with Gasteiger partial charge in [-0.3, -0.25) is 5.41 Å². The number of nitrogens with zero attached hydrogens (tertiary/aromatic N) is 4. The second-order valence-electron chi connectivity index (χ2n) is 7.43. The van der Waals surface area contributed by atoms with Crippen molar-refractivity contribution in [2.45, 2.75) is 32.7 Å². The normalized spacial score (nSPS) is 11.2. The van der Waals surface area contributed by atoms with Crippen molar-refractivity contribution in [1.82, 2.24) is 19.9 Å². The van der Waals surface area contributed by atoms with Crippen LogP contribution in [0.3, 0.4) is 0 Å². The fraction of sp³-hybridized carbons (Fsp3) is 0.273. The van der Waals surface area contributed by atoms with Crippen LogP contribution in [0.5, 0.6) is 11.5 Å². The first kappa shape index (κ1) is 24.6. The third-order valence-electron chi connectivity index (χ3n) is 4.36. The molecule has 1 heterocycles. The van der Waals surface area contributed by atoms with Gasteiger partial charge >= 0.3 is 6.18 Å². The first-order valence-corrected chi connectivity index (χ1v) is 10.2. The van der Waals surface area contributed by atoms with Gasteiger partial charge in [0, 0.05) is 11.7 Å². The summed E-state index contributed by atoms with van der Waals surface area (Å²) in [6, 6.07) is 15.1. The van der Waals surface area contributed by atoms with Crippen LogP contribution in [0.1, 0.15) is 19.7 Å². The van der Waals surface area contributed by atoms with Gasteiger partial charge in [0.15, 0.2) is 12.4 Å². The highest BCUT2D eigenvalue weighted by molar-refractivity contribution is 5.70. The van der Waals surface area contributed by atoms with Gasteiger partial charge in [-0.15, -0.1) is 0 Å². The molecule has 4 N–H and O–H groups in total. The van der Waals surface area contributed by atoms with Crippen LogP contribution in [0.25, 0.3) is 0 Å². The second-order valence-corrected chi connectivity index (χ2v) is 7.43. The molecule has 0 saturated carbocycles. The molecule has 0 spiro atoms. The van der Waals surface area contributed by atoms with E-state index in [9.17, 15) is 13.2 Å². The van der Waals surface area contributed by atoms with Crippen molar-refractivity contribution < 1.29 is 22.6 Å². The van der Waals surface area contributed by atoms with Crippen LogP contribution in [0.4, 0.5) is 30.8 Å². The molecule has 0 aliphatic carbocycles. The van der Waals surface area contributed by atoms with E-state index < -0.39 is 24.8 Å². The van der Waals surface area contributed by atoms with Gasteiger partial charge in [0.25, 0.3) is 6.02 Å². The molecule has 12 heteroatoms. The monoisotopic (exact) mass is 475 g/mol. The third-order valence-corrected chi connectivity index (χ3v) is 4.36. The van der Waals surface area contributed by atoms with Gasteiger partial charge in [-0.25, -0.2) is 0 Å². The molecule has 0 atom stereocenters. The molecule has 0 aliphatic heterocycles. The number of ether oxygens (including phenoxy) is 2. The Balaban J connectivity index is 1.63. The SMILES string of the molecule is CC(C)N(CC(F)(F)F)C(=N)OCc1nc(N)nc(Nc2ccc(Oc3ccccc3)cc2)n1. The van der Waals surface area contributed by atoms with Gasteiger partial charge in [-0.05, 0) is 50.2 Å². The minimum absolute atomic E-state index is 0.0551. The summed E-state index contributed by atoms with van der Waals surface area (Å²) in [6.45, 7) is 1.40. The maximum atomic E-state index is 12.8. The van der Waals surface area contributed by atoms with Crippen LogP contribution >= 0.6 is 0 Å². The fourth-order valence-electron chi connectivity index (χ4n) is 2.82. The van der Waals surface area contributed by atoms with Gasteiger partial charge in [0.2, 0.25) is 11.9 Å². The molecule has 0 saturated heterocycles. The molecule has 0 fully saturated rings. The van der Waals surface area contributed by atoms with Crippen molar-refractivity contribution in [3.05, 3.63) is 60.4 Å². The Labute approximate surface area is 194 Å². The van der Waals surface area contributed by atoms with Crippen LogP contribution < -0.4 is 15.8 Å². The zero-order chi connectivity index (χ0) is 24.7. The summed E-state index contributed by atoms with van der Waals surface area (Å²) in [5.74, 6) is 1.40. The van der Waals surface area contributed by atoms with Crippen LogP contribution in [-0.2, 0) is 11.3 Å². The molecule has 1 aromatic heterocycles. The van der Waals surface area contributed by atoms with Gasteiger partial charge in [0.1, 0.15) is 18.0 Å². The lowest BCUT2D eigenvalue weighted by Gasteiger charge is -2.28. The highest BCUT2D eigenvalue weighted by Crippen LogP contribution is 2.24. The second kappa shape index (κ2) is 10.7. The average molecular weight is 475 g/mol. The molecular formula is C22H24F3N7O2. The van der Waals surface area contributed by atoms with E-state index in [1.165, 1.54) is 13.8 Å². The lowest BCUT2D eigenvalue weighted by Crippen LogP contribution is -2.43. The number of amidine groups is 1. The Hall–Kier alpha value is -4.09. The van der Waals surface area contributed by atoms with Gasteiger partial charge in [0.05, 0.1) is 0 Å². The molecule has 0 unspecified atom stereocenters. The van der Waals surface area contributed by atoms with E-state index in [1.54, 1.807) is 24.3 Å². The maximum absolute atomic E-state index is 12.8. The van der Waals surface area contributed by atoms with Crippen LogP contribution in [0.15, 0.2) is 54.6 Å². The van der Waals surface area contributed by atoms with E-state index >= 15 is 0 Å². The van der Waals surface area contributed by atoms with E-state index in [0.717, 1.165) is 4.90 Å². The summed E-state index contributed by atoms with van der Waals surface area (Å²) in [5, 5.41) is 10.8. The molecule has 0 amide bonds. The standard InChI is InChI=1S/C22H24F3N7O2/c1-14(2)32(13-22(23,24)25)20(27)33-12-18-29-19(26)31-21(30-18)28-15-8-10-17(11-9-15)34-16-6-4-3-5-7-16/h3-11,14,27H,12-13H2,1-2H3,(H3,26,28,29,30,31). The molecule has 0 radical (unpaired) electrons. The molecular weight excluding hydrogens is 451 g/mol. The Morgan fingerprint density at radius 2 is 1.68 bits per heavy atom. The molecule has 180 valence electrons. The van der Waals surface area contributed by atoms with E-state index in [2.05, 4.69) is 20.3 Å². The Morgan fingerprint density at radius 1 is 1.03 bits per heavy atom. The molecule has 2 aromatic carbocycles. The van der Waals surface area contributed by atoms with E-state index in [1.807, 2.05) is 30.3 Å². The number of alkyl halides is 3. The van der Waals surface area contributed by atoms with E-state index in [-0.39, 0.29) is 24.3 Å². The van der Waals surface area contributed by atoms with Gasteiger partial charge < -0.3 is 25.4 Å². The molecule has 34 heavy (non-hydrogen) atoms. The van der Waals surface area contributed by atoms with Crippen LogP contribution in [0, 0.1) is 5.41 Å². The summed E-state index contributed by atoms with van der Waals surface area (Å²) >= 11 is 0. The lowest BCUT2D eigenvalue weighted by atomic mass is 10.3. The van der Waals surface area contributed by atoms with Crippen molar-refractivity contribution in [2.75, 3.05) is 17.6 Å². The van der Waals surface area contributed by atoms with Crippen molar-refractivity contribution in [3.63, 3.8) is 0 Å². The average Bonchev–Trinajstić information content (AvgIpc) is 2.77. The number of anilines is 3. The largest absolute Gasteiger partial charge is 0.457 e. The van der Waals surface area contributed by atoms with Crippen LogP contribution in [-0.4, -0.2) is 44.6 Å². The minimum Gasteiger partial charge on any atom is -0.457 e. The summed E-state index contributed by atoms with van der Waals surface area (Å²) in [6.07, 6.45) is -4.48. The summed E-state index contributed by atoms with van der Waals surface area (Å²) in [4.78, 5) is 12.9. The number of hydrogen-bond donors (Lipinski definition) is 3. The Kier molecular flexibility index (Phi) is 7.71. The number of halogens is 3. The number of aromatic nitrogens is 3. The predicted molar refractivity (Wildman–Crippen MR) is 121 cm³/mol. The first-order chi connectivity index (χ1) is 16.1. The number of rotatable bonds is 8. The zero-order valence-electron chi connectivity index (χ0n) is 18.5. The number of hydrogen-bond acceptors (Lipinski definition) is 8. The molecule has 9 nitrogen and oxygen atoms in total. The lowest BCUT2D eigenvalue weighted by molar-refractivity contribution is -0.142. The highest BCUT2D eigenvalue weighted by Gasteiger charge is 2.33. The first-order valence-electron chi connectivity index (χ1n) is 10.2. The Bertz CT molecular complexity index is 1090. The molecule has 0 aliphatic rings. The minimum atomic E-state index is -4.48. The van der Waals surface area contributed by atoms with Crippen molar-refractivity contribution in [1.29, 1.82) is 5.41 Å². The smallest absolute Gasteiger partial charge is 0.406 e.